The minimum Gasteiger partial charge on any atom is -0.438 e. The second-order valence-corrected chi connectivity index (χ2v) is 16.2. The molecule has 0 spiro atoms. The SMILES string of the molecule is CCCCCCN(CCCCCC)c1oc2c(C#Cc3cc[n+](C)cc3)c3c(C#N)c(N(CCCCCC)CCCCCC)oc3c(C#Cc3cc[n+](C)cc3)c2c1C#N. The van der Waals surface area contributed by atoms with Crippen molar-refractivity contribution >= 4 is 33.7 Å². The van der Waals surface area contributed by atoms with Crippen LogP contribution in [0.5, 0.6) is 0 Å². The highest BCUT2D eigenvalue weighted by Gasteiger charge is 2.31. The lowest BCUT2D eigenvalue weighted by Crippen LogP contribution is -2.26. The van der Waals surface area contributed by atoms with Crippen molar-refractivity contribution < 1.29 is 18.0 Å². The molecule has 8 nitrogen and oxygen atoms in total. The second-order valence-electron chi connectivity index (χ2n) is 16.2. The van der Waals surface area contributed by atoms with E-state index in [1.807, 2.05) is 72.3 Å². The summed E-state index contributed by atoms with van der Waals surface area (Å²) >= 11 is 0. The van der Waals surface area contributed by atoms with Crippen molar-refractivity contribution in [1.29, 1.82) is 10.5 Å². The molecule has 0 amide bonds. The third kappa shape index (κ3) is 11.7. The lowest BCUT2D eigenvalue weighted by molar-refractivity contribution is -0.671. The van der Waals surface area contributed by atoms with Gasteiger partial charge in [0.2, 0.25) is 11.8 Å². The molecule has 0 radical (unpaired) electrons. The van der Waals surface area contributed by atoms with Gasteiger partial charge in [0, 0.05) is 61.6 Å². The van der Waals surface area contributed by atoms with Crippen molar-refractivity contribution in [2.45, 2.75) is 130 Å². The van der Waals surface area contributed by atoms with Gasteiger partial charge in [-0.1, -0.05) is 128 Å². The van der Waals surface area contributed by atoms with Crippen molar-refractivity contribution in [3.63, 3.8) is 0 Å². The van der Waals surface area contributed by atoms with Gasteiger partial charge in [-0.3, -0.25) is 0 Å². The average molecular weight is 807 g/mol. The van der Waals surface area contributed by atoms with Crippen LogP contribution in [0, 0.1) is 46.3 Å². The monoisotopic (exact) mass is 807 g/mol. The van der Waals surface area contributed by atoms with E-state index in [1.165, 1.54) is 0 Å². The van der Waals surface area contributed by atoms with Crippen LogP contribution >= 0.6 is 0 Å². The number of pyridine rings is 2. The Bertz CT molecular complexity index is 2160. The Balaban J connectivity index is 1.86. The first-order chi connectivity index (χ1) is 29.4. The molecule has 1 aromatic carbocycles. The topological polar surface area (TPSA) is 88.1 Å². The summed E-state index contributed by atoms with van der Waals surface area (Å²) in [5.74, 6) is 14.8. The maximum absolute atomic E-state index is 11.2. The van der Waals surface area contributed by atoms with Crippen LogP contribution in [0.2, 0.25) is 0 Å². The Kier molecular flexibility index (Phi) is 18.0. The number of benzene rings is 1. The van der Waals surface area contributed by atoms with E-state index in [9.17, 15) is 10.5 Å². The van der Waals surface area contributed by atoms with Crippen molar-refractivity contribution in [3.05, 3.63) is 82.4 Å². The van der Waals surface area contributed by atoms with Gasteiger partial charge >= 0.3 is 0 Å². The van der Waals surface area contributed by atoms with E-state index < -0.39 is 0 Å². The molecule has 314 valence electrons. The van der Waals surface area contributed by atoms with Crippen LogP contribution < -0.4 is 18.9 Å². The highest BCUT2D eigenvalue weighted by Crippen LogP contribution is 2.45. The molecule has 5 aromatic rings. The molecule has 0 aliphatic carbocycles. The van der Waals surface area contributed by atoms with Gasteiger partial charge in [0.05, 0.1) is 21.9 Å². The van der Waals surface area contributed by atoms with E-state index in [-0.39, 0.29) is 0 Å². The standard InChI is InChI=1S/C52H66N6O2/c1-7-11-15-19-31-57(32-20-16-12-8-2)51-45(39-53)47-43(25-23-41-27-35-55(5)36-28-41)50-48(44(49(47)59-51)26-24-42-29-37-56(6)38-30-42)46(40-54)52(60-50)58(33-21-17-13-9-3)34-22-18-14-10-4/h27-30,35-38H,7-22,31-34H2,1-6H3/q+2. The summed E-state index contributed by atoms with van der Waals surface area (Å²) in [6, 6.07) is 13.1. The summed E-state index contributed by atoms with van der Waals surface area (Å²) in [7, 11) is 3.96. The molecule has 0 aliphatic rings. The number of unbranched alkanes of at least 4 members (excludes halogenated alkanes) is 12. The Morgan fingerprint density at radius 1 is 0.450 bits per heavy atom. The number of furan rings is 2. The smallest absolute Gasteiger partial charge is 0.214 e. The van der Waals surface area contributed by atoms with Crippen molar-refractivity contribution in [3.8, 4) is 35.8 Å². The molecule has 0 saturated carbocycles. The van der Waals surface area contributed by atoms with Crippen molar-refractivity contribution in [2.75, 3.05) is 36.0 Å². The Labute approximate surface area is 359 Å². The van der Waals surface area contributed by atoms with Crippen LogP contribution in [0.1, 0.15) is 164 Å². The molecule has 4 heterocycles. The fourth-order valence-corrected chi connectivity index (χ4v) is 7.77. The number of anilines is 2. The van der Waals surface area contributed by atoms with E-state index in [1.54, 1.807) is 0 Å². The summed E-state index contributed by atoms with van der Waals surface area (Å²) in [5.41, 5.74) is 4.56. The molecule has 0 unspecified atom stereocenters. The summed E-state index contributed by atoms with van der Waals surface area (Å²) in [6.07, 6.45) is 25.5. The maximum atomic E-state index is 11.2. The van der Waals surface area contributed by atoms with E-state index in [2.05, 4.69) is 73.3 Å². The van der Waals surface area contributed by atoms with Crippen LogP contribution in [-0.2, 0) is 14.1 Å². The number of fused-ring (bicyclic) bond motifs is 2. The lowest BCUT2D eigenvalue weighted by atomic mass is 9.96. The molecule has 60 heavy (non-hydrogen) atoms. The number of aryl methyl sites for hydroxylation is 2. The summed E-state index contributed by atoms with van der Waals surface area (Å²) in [5, 5.41) is 23.5. The van der Waals surface area contributed by atoms with Gasteiger partial charge in [0.25, 0.3) is 0 Å². The average Bonchev–Trinajstić information content (AvgIpc) is 3.84. The number of aromatic nitrogens is 2. The second kappa shape index (κ2) is 23.8. The predicted molar refractivity (Wildman–Crippen MR) is 244 cm³/mol. The highest BCUT2D eigenvalue weighted by molar-refractivity contribution is 6.12. The molecular weight excluding hydrogens is 741 g/mol. The first-order valence-corrected chi connectivity index (χ1v) is 22.7. The van der Waals surface area contributed by atoms with Gasteiger partial charge in [0.15, 0.2) is 36.0 Å². The molecular formula is C52H66N6O2+2. The van der Waals surface area contributed by atoms with E-state index in [4.69, 9.17) is 8.83 Å². The molecule has 0 saturated heterocycles. The van der Waals surface area contributed by atoms with E-state index in [0.717, 1.165) is 140 Å². The van der Waals surface area contributed by atoms with Crippen LogP contribution in [0.25, 0.3) is 21.9 Å². The summed E-state index contributed by atoms with van der Waals surface area (Å²) in [4.78, 5) is 4.53. The van der Waals surface area contributed by atoms with Crippen LogP contribution in [0.4, 0.5) is 11.8 Å². The van der Waals surface area contributed by atoms with Gasteiger partial charge < -0.3 is 18.6 Å². The van der Waals surface area contributed by atoms with Gasteiger partial charge in [-0.25, -0.2) is 9.13 Å². The first-order valence-electron chi connectivity index (χ1n) is 22.7. The van der Waals surface area contributed by atoms with Gasteiger partial charge in [-0.05, 0) is 25.7 Å². The molecule has 8 heteroatoms. The highest BCUT2D eigenvalue weighted by atomic mass is 16.4. The van der Waals surface area contributed by atoms with Crippen LogP contribution in [0.3, 0.4) is 0 Å². The molecule has 0 bridgehead atoms. The molecule has 0 fully saturated rings. The third-order valence-corrected chi connectivity index (χ3v) is 11.3. The number of hydrogen-bond acceptors (Lipinski definition) is 6. The van der Waals surface area contributed by atoms with Gasteiger partial charge in [0.1, 0.15) is 37.4 Å². The largest absolute Gasteiger partial charge is 0.438 e. The Morgan fingerprint density at radius 2 is 0.767 bits per heavy atom. The fraction of sp³-hybridized carbons (Fsp3) is 0.500. The van der Waals surface area contributed by atoms with E-state index >= 15 is 0 Å². The number of nitrogens with zero attached hydrogens (tertiary/aromatic N) is 6. The Morgan fingerprint density at radius 3 is 1.05 bits per heavy atom. The zero-order chi connectivity index (χ0) is 42.7. The van der Waals surface area contributed by atoms with Crippen LogP contribution in [0.15, 0.2) is 57.9 Å². The summed E-state index contributed by atoms with van der Waals surface area (Å²) < 4.78 is 18.0. The lowest BCUT2D eigenvalue weighted by Gasteiger charge is -2.22. The Hall–Kier alpha value is -5.70. The number of rotatable bonds is 22. The zero-order valence-corrected chi connectivity index (χ0v) is 37.3. The molecule has 0 atom stereocenters. The number of nitriles is 2. The summed E-state index contributed by atoms with van der Waals surface area (Å²) in [6.45, 7) is 12.0. The third-order valence-electron chi connectivity index (χ3n) is 11.3. The molecule has 4 aromatic heterocycles. The quantitative estimate of drug-likeness (QED) is 0.0393. The van der Waals surface area contributed by atoms with E-state index in [0.29, 0.717) is 56.0 Å². The zero-order valence-electron chi connectivity index (χ0n) is 37.3. The minimum absolute atomic E-state index is 0.434. The fourth-order valence-electron chi connectivity index (χ4n) is 7.77. The normalized spacial score (nSPS) is 10.9. The minimum atomic E-state index is 0.434. The first kappa shape index (κ1) is 45.4. The maximum Gasteiger partial charge on any atom is 0.214 e. The van der Waals surface area contributed by atoms with Crippen molar-refractivity contribution in [1.82, 2.24) is 0 Å². The van der Waals surface area contributed by atoms with Crippen molar-refractivity contribution in [2.24, 2.45) is 14.1 Å². The molecule has 5 rings (SSSR count). The van der Waals surface area contributed by atoms with Gasteiger partial charge in [-0.2, -0.15) is 10.5 Å². The molecule has 0 N–H and O–H groups in total. The predicted octanol–water partition coefficient (Wildman–Crippen LogP) is 11.3. The molecule has 0 aliphatic heterocycles. The van der Waals surface area contributed by atoms with Gasteiger partial charge in [-0.15, -0.1) is 0 Å². The van der Waals surface area contributed by atoms with Crippen LogP contribution in [-0.4, -0.2) is 26.2 Å². The number of hydrogen-bond donors (Lipinski definition) is 0.